The van der Waals surface area contributed by atoms with Crippen molar-refractivity contribution in [3.8, 4) is 0 Å². The lowest BCUT2D eigenvalue weighted by Crippen LogP contribution is -1.84. The van der Waals surface area contributed by atoms with Crippen molar-refractivity contribution in [1.29, 1.82) is 0 Å². The van der Waals surface area contributed by atoms with Gasteiger partial charge in [0.15, 0.2) is 0 Å². The first-order valence-corrected chi connectivity index (χ1v) is 9.21. The maximum atomic E-state index is 8.60. The first kappa shape index (κ1) is 22.7. The maximum Gasteiger partial charge on any atom is 0.0431 e. The lowest BCUT2D eigenvalue weighted by molar-refractivity contribution is 0.282. The molecule has 0 bridgehead atoms. The number of hydrogen-bond donors (Lipinski definition) is 1. The largest absolute Gasteiger partial charge is 0.396 e. The molecule has 0 aromatic rings. The summed E-state index contributed by atoms with van der Waals surface area (Å²) in [4.78, 5) is 0. The van der Waals surface area contributed by atoms with Gasteiger partial charge >= 0.3 is 0 Å². The lowest BCUT2D eigenvalue weighted by atomic mass is 10.1. The molecule has 0 radical (unpaired) electrons. The predicted molar refractivity (Wildman–Crippen MR) is 97.8 cm³/mol. The number of allylic oxidation sites excluding steroid dienone is 3. The van der Waals surface area contributed by atoms with E-state index in [0.717, 1.165) is 6.42 Å². The molecule has 1 nitrogen and oxygen atoms in total. The van der Waals surface area contributed by atoms with Crippen molar-refractivity contribution in [1.82, 2.24) is 0 Å². The summed E-state index contributed by atoms with van der Waals surface area (Å²) in [5, 5.41) is 8.60. The Bertz CT molecular complexity index is 192. The Kier molecular flexibility index (Phi) is 26.5. The molecule has 0 spiro atoms. The summed E-state index contributed by atoms with van der Waals surface area (Å²) in [7, 11) is 0. The second-order valence-electron chi connectivity index (χ2n) is 5.71. The number of hydrogen-bond acceptors (Lipinski definition) is 1. The Labute approximate surface area is 134 Å². The van der Waals surface area contributed by atoms with Gasteiger partial charge in [0.2, 0.25) is 0 Å². The van der Waals surface area contributed by atoms with Crippen LogP contribution in [0.1, 0.15) is 97.3 Å². The topological polar surface area (TPSA) is 20.2 Å². The first-order valence-electron chi connectivity index (χ1n) is 9.21. The van der Waals surface area contributed by atoms with E-state index in [0.29, 0.717) is 6.61 Å². The van der Waals surface area contributed by atoms with Crippen LogP contribution < -0.4 is 0 Å². The highest BCUT2D eigenvalue weighted by Gasteiger charge is 1.91. The average molecular weight is 297 g/mol. The molecule has 0 atom stereocenters. The van der Waals surface area contributed by atoms with E-state index >= 15 is 0 Å². The van der Waals surface area contributed by atoms with Crippen molar-refractivity contribution in [3.05, 3.63) is 24.8 Å². The van der Waals surface area contributed by atoms with E-state index in [4.69, 9.17) is 5.11 Å². The molecule has 0 aliphatic carbocycles. The van der Waals surface area contributed by atoms with E-state index < -0.39 is 0 Å². The Morgan fingerprint density at radius 2 is 1.19 bits per heavy atom. The summed E-state index contributed by atoms with van der Waals surface area (Å²) in [5.74, 6) is 0. The molecule has 21 heavy (non-hydrogen) atoms. The lowest BCUT2D eigenvalue weighted by Gasteiger charge is -2.00. The minimum atomic E-state index is 0.357. The van der Waals surface area contributed by atoms with Crippen LogP contribution >= 0.6 is 0 Å². The van der Waals surface area contributed by atoms with Crippen LogP contribution in [-0.2, 0) is 0 Å². The molecule has 0 aromatic carbocycles. The smallest absolute Gasteiger partial charge is 0.0431 e. The van der Waals surface area contributed by atoms with Gasteiger partial charge in [0, 0.05) is 6.61 Å². The van der Waals surface area contributed by atoms with Gasteiger partial charge in [-0.2, -0.15) is 0 Å². The van der Waals surface area contributed by atoms with Gasteiger partial charge in [0.05, 0.1) is 0 Å². The third kappa shape index (κ3) is 28.4. The third-order valence-electron chi connectivity index (χ3n) is 3.51. The summed E-state index contributed by atoms with van der Waals surface area (Å²) < 4.78 is 0. The standard InChI is InChI=1S/C14H26O.C6H14/c1-2-3-4-5-6-7-8-9-10-11-12-13-14-15;1-3-5-6-4-2/h2-4,15H,1,5-14H2;3-6H2,1-2H3/b4-3+;. The number of rotatable bonds is 14. The molecule has 0 unspecified atom stereocenters. The molecule has 126 valence electrons. The van der Waals surface area contributed by atoms with E-state index in [1.54, 1.807) is 0 Å². The van der Waals surface area contributed by atoms with Gasteiger partial charge in [0.1, 0.15) is 0 Å². The molecule has 0 heterocycles. The minimum Gasteiger partial charge on any atom is -0.396 e. The highest BCUT2D eigenvalue weighted by molar-refractivity contribution is 4.96. The molecule has 0 aliphatic rings. The zero-order chi connectivity index (χ0) is 16.0. The predicted octanol–water partition coefficient (Wildman–Crippen LogP) is 6.82. The quantitative estimate of drug-likeness (QED) is 0.275. The van der Waals surface area contributed by atoms with Crippen LogP contribution in [0.5, 0.6) is 0 Å². The molecule has 0 aliphatic heterocycles. The zero-order valence-corrected chi connectivity index (χ0v) is 14.8. The Morgan fingerprint density at radius 3 is 1.62 bits per heavy atom. The number of aliphatic hydroxyl groups excluding tert-OH is 1. The number of unbranched alkanes of at least 4 members (excludes halogenated alkanes) is 11. The molecular formula is C20H40O. The van der Waals surface area contributed by atoms with E-state index in [-0.39, 0.29) is 0 Å². The highest BCUT2D eigenvalue weighted by atomic mass is 16.2. The van der Waals surface area contributed by atoms with Gasteiger partial charge in [-0.1, -0.05) is 103 Å². The second kappa shape index (κ2) is 24.5. The molecule has 0 fully saturated rings. The van der Waals surface area contributed by atoms with Gasteiger partial charge in [0.25, 0.3) is 0 Å². The van der Waals surface area contributed by atoms with Crippen LogP contribution in [0.15, 0.2) is 24.8 Å². The summed E-state index contributed by atoms with van der Waals surface area (Å²) in [6, 6.07) is 0. The van der Waals surface area contributed by atoms with Crippen molar-refractivity contribution >= 4 is 0 Å². The van der Waals surface area contributed by atoms with Gasteiger partial charge < -0.3 is 5.11 Å². The van der Waals surface area contributed by atoms with E-state index in [1.165, 1.54) is 77.0 Å². The number of aliphatic hydroxyl groups is 1. The van der Waals surface area contributed by atoms with Crippen molar-refractivity contribution < 1.29 is 5.11 Å². The molecular weight excluding hydrogens is 256 g/mol. The van der Waals surface area contributed by atoms with Crippen LogP contribution in [0, 0.1) is 0 Å². The fourth-order valence-corrected chi connectivity index (χ4v) is 2.13. The Balaban J connectivity index is 0. The van der Waals surface area contributed by atoms with Crippen molar-refractivity contribution in [2.24, 2.45) is 0 Å². The normalized spacial score (nSPS) is 10.4. The van der Waals surface area contributed by atoms with Crippen LogP contribution in [0.4, 0.5) is 0 Å². The summed E-state index contributed by atoms with van der Waals surface area (Å²) in [5.41, 5.74) is 0. The van der Waals surface area contributed by atoms with E-state index in [2.05, 4.69) is 26.5 Å². The monoisotopic (exact) mass is 296 g/mol. The van der Waals surface area contributed by atoms with Crippen LogP contribution in [-0.4, -0.2) is 11.7 Å². The summed E-state index contributed by atoms with van der Waals surface area (Å²) >= 11 is 0. The molecule has 0 aromatic heterocycles. The van der Waals surface area contributed by atoms with Gasteiger partial charge in [-0.25, -0.2) is 0 Å². The van der Waals surface area contributed by atoms with E-state index in [9.17, 15) is 0 Å². The first-order chi connectivity index (χ1) is 10.3. The van der Waals surface area contributed by atoms with Gasteiger partial charge in [-0.3, -0.25) is 0 Å². The SMILES string of the molecule is C=C/C=C/CCCCCCCCCCO.CCCCCC. The summed E-state index contributed by atoms with van der Waals surface area (Å²) in [6.45, 7) is 8.46. The molecule has 1 heteroatoms. The molecule has 0 amide bonds. The van der Waals surface area contributed by atoms with Crippen molar-refractivity contribution in [2.75, 3.05) is 6.61 Å². The Morgan fingerprint density at radius 1 is 0.714 bits per heavy atom. The van der Waals surface area contributed by atoms with E-state index in [1.807, 2.05) is 12.2 Å². The average Bonchev–Trinajstić information content (AvgIpc) is 2.51. The fraction of sp³-hybridized carbons (Fsp3) is 0.800. The van der Waals surface area contributed by atoms with Crippen LogP contribution in [0.3, 0.4) is 0 Å². The Hall–Kier alpha value is -0.560. The van der Waals surface area contributed by atoms with Crippen LogP contribution in [0.25, 0.3) is 0 Å². The summed E-state index contributed by atoms with van der Waals surface area (Å²) in [6.07, 6.45) is 22.9. The molecule has 0 saturated carbocycles. The van der Waals surface area contributed by atoms with Gasteiger partial charge in [-0.15, -0.1) is 0 Å². The van der Waals surface area contributed by atoms with Gasteiger partial charge in [-0.05, 0) is 19.3 Å². The second-order valence-corrected chi connectivity index (χ2v) is 5.71. The molecule has 0 saturated heterocycles. The van der Waals surface area contributed by atoms with Crippen molar-refractivity contribution in [2.45, 2.75) is 97.3 Å². The molecule has 1 N–H and O–H groups in total. The van der Waals surface area contributed by atoms with Crippen molar-refractivity contribution in [3.63, 3.8) is 0 Å². The molecule has 0 rings (SSSR count). The van der Waals surface area contributed by atoms with Crippen LogP contribution in [0.2, 0.25) is 0 Å². The third-order valence-corrected chi connectivity index (χ3v) is 3.51. The minimum absolute atomic E-state index is 0.357. The zero-order valence-electron chi connectivity index (χ0n) is 14.8. The fourth-order valence-electron chi connectivity index (χ4n) is 2.13. The highest BCUT2D eigenvalue weighted by Crippen LogP contribution is 2.09. The maximum absolute atomic E-state index is 8.60.